The van der Waals surface area contributed by atoms with E-state index in [2.05, 4.69) is 0 Å². The van der Waals surface area contributed by atoms with Gasteiger partial charge >= 0.3 is 5.97 Å². The van der Waals surface area contributed by atoms with Gasteiger partial charge in [-0.25, -0.2) is 8.78 Å². The van der Waals surface area contributed by atoms with Crippen LogP contribution in [0.25, 0.3) is 0 Å². The first-order valence-electron chi connectivity index (χ1n) is 5.26. The van der Waals surface area contributed by atoms with Crippen LogP contribution in [0.5, 0.6) is 0 Å². The Hall–Kier alpha value is -0.710. The molecule has 1 aliphatic heterocycles. The van der Waals surface area contributed by atoms with Gasteiger partial charge in [0.1, 0.15) is 6.04 Å². The largest absolute Gasteiger partial charge is 0.480 e. The molecule has 0 amide bonds. The Morgan fingerprint density at radius 1 is 1.53 bits per heavy atom. The molecular weight excluding hydrogens is 204 g/mol. The van der Waals surface area contributed by atoms with E-state index in [-0.39, 0.29) is 18.9 Å². The van der Waals surface area contributed by atoms with Gasteiger partial charge in [0.15, 0.2) is 0 Å². The zero-order valence-electron chi connectivity index (χ0n) is 8.62. The van der Waals surface area contributed by atoms with E-state index in [9.17, 15) is 13.6 Å². The summed E-state index contributed by atoms with van der Waals surface area (Å²) in [4.78, 5) is 12.4. The number of carboxylic acid groups (broad SMARTS) is 1. The highest BCUT2D eigenvalue weighted by Gasteiger charge is 2.54. The highest BCUT2D eigenvalue weighted by molar-refractivity contribution is 5.72. The second-order valence-corrected chi connectivity index (χ2v) is 4.63. The van der Waals surface area contributed by atoms with Crippen molar-refractivity contribution in [2.24, 2.45) is 11.8 Å². The summed E-state index contributed by atoms with van der Waals surface area (Å²) in [7, 11) is 0. The highest BCUT2D eigenvalue weighted by Crippen LogP contribution is 2.48. The van der Waals surface area contributed by atoms with E-state index in [0.717, 1.165) is 0 Å². The smallest absolute Gasteiger partial charge is 0.320 e. The molecular formula is C10H15F2NO2. The van der Waals surface area contributed by atoms with Crippen molar-refractivity contribution in [1.29, 1.82) is 0 Å². The summed E-state index contributed by atoms with van der Waals surface area (Å²) in [5.74, 6) is -4.16. The van der Waals surface area contributed by atoms with Crippen LogP contribution >= 0.6 is 0 Å². The lowest BCUT2D eigenvalue weighted by molar-refractivity contribution is -0.142. The monoisotopic (exact) mass is 219 g/mol. The van der Waals surface area contributed by atoms with Crippen LogP contribution in [0.3, 0.4) is 0 Å². The van der Waals surface area contributed by atoms with E-state index in [0.29, 0.717) is 13.0 Å². The van der Waals surface area contributed by atoms with Gasteiger partial charge < -0.3 is 5.11 Å². The number of carboxylic acids is 1. The molecule has 5 heteroatoms. The molecule has 86 valence electrons. The molecule has 3 atom stereocenters. The molecule has 1 saturated heterocycles. The third kappa shape index (κ3) is 1.73. The lowest BCUT2D eigenvalue weighted by Gasteiger charge is -2.23. The van der Waals surface area contributed by atoms with Crippen molar-refractivity contribution in [3.05, 3.63) is 0 Å². The molecule has 1 N–H and O–H groups in total. The number of hydrogen-bond acceptors (Lipinski definition) is 2. The van der Waals surface area contributed by atoms with Crippen molar-refractivity contribution < 1.29 is 18.7 Å². The van der Waals surface area contributed by atoms with E-state index in [1.54, 1.807) is 11.8 Å². The lowest BCUT2D eigenvalue weighted by Crippen LogP contribution is -2.39. The average Bonchev–Trinajstić information content (AvgIpc) is 2.66. The van der Waals surface area contributed by atoms with Crippen molar-refractivity contribution >= 4 is 5.97 Å². The fourth-order valence-corrected chi connectivity index (χ4v) is 2.71. The van der Waals surface area contributed by atoms with Gasteiger partial charge in [0, 0.05) is 25.4 Å². The van der Waals surface area contributed by atoms with Crippen molar-refractivity contribution in [2.45, 2.75) is 31.7 Å². The first-order valence-corrected chi connectivity index (χ1v) is 5.26. The number of halogens is 2. The number of hydrogen-bond donors (Lipinski definition) is 1. The van der Waals surface area contributed by atoms with Crippen LogP contribution in [0.15, 0.2) is 0 Å². The number of rotatable bonds is 2. The average molecular weight is 219 g/mol. The SMILES string of the molecule is CC(C(=O)O)N1CC2CCC(F)(F)C2C1. The number of carbonyl (C=O) groups is 1. The summed E-state index contributed by atoms with van der Waals surface area (Å²) in [6, 6.07) is -0.647. The topological polar surface area (TPSA) is 40.5 Å². The molecule has 1 saturated carbocycles. The normalized spacial score (nSPS) is 36.5. The maximum atomic E-state index is 13.4. The van der Waals surface area contributed by atoms with Gasteiger partial charge in [-0.15, -0.1) is 0 Å². The Morgan fingerprint density at radius 2 is 2.20 bits per heavy atom. The minimum Gasteiger partial charge on any atom is -0.480 e. The fraction of sp³-hybridized carbons (Fsp3) is 0.900. The van der Waals surface area contributed by atoms with Crippen LogP contribution in [0, 0.1) is 11.8 Å². The van der Waals surface area contributed by atoms with Gasteiger partial charge in [0.25, 0.3) is 5.92 Å². The Bertz CT molecular complexity index is 283. The van der Waals surface area contributed by atoms with E-state index < -0.39 is 23.9 Å². The molecule has 0 bridgehead atoms. The second kappa shape index (κ2) is 3.40. The molecule has 2 rings (SSSR count). The van der Waals surface area contributed by atoms with Gasteiger partial charge in [0.05, 0.1) is 0 Å². The molecule has 0 aromatic carbocycles. The summed E-state index contributed by atoms with van der Waals surface area (Å²) in [5.41, 5.74) is 0. The molecule has 2 aliphatic rings. The Kier molecular flexibility index (Phi) is 2.45. The summed E-state index contributed by atoms with van der Waals surface area (Å²) < 4.78 is 26.7. The number of fused-ring (bicyclic) bond motifs is 1. The maximum absolute atomic E-state index is 13.4. The van der Waals surface area contributed by atoms with Crippen molar-refractivity contribution in [2.75, 3.05) is 13.1 Å². The van der Waals surface area contributed by atoms with Crippen molar-refractivity contribution in [3.8, 4) is 0 Å². The van der Waals surface area contributed by atoms with Gasteiger partial charge in [0.2, 0.25) is 0 Å². The van der Waals surface area contributed by atoms with E-state index >= 15 is 0 Å². The van der Waals surface area contributed by atoms with Crippen LogP contribution in [-0.2, 0) is 4.79 Å². The lowest BCUT2D eigenvalue weighted by atomic mass is 9.99. The molecule has 1 heterocycles. The van der Waals surface area contributed by atoms with Crippen LogP contribution in [0.1, 0.15) is 19.8 Å². The maximum Gasteiger partial charge on any atom is 0.320 e. The minimum atomic E-state index is -2.59. The van der Waals surface area contributed by atoms with Crippen LogP contribution in [0.4, 0.5) is 8.78 Å². The van der Waals surface area contributed by atoms with Crippen LogP contribution < -0.4 is 0 Å². The molecule has 0 spiro atoms. The third-order valence-corrected chi connectivity index (χ3v) is 3.77. The highest BCUT2D eigenvalue weighted by atomic mass is 19.3. The molecule has 15 heavy (non-hydrogen) atoms. The molecule has 2 fully saturated rings. The summed E-state index contributed by atoms with van der Waals surface area (Å²) in [6.07, 6.45) is 0.498. The minimum absolute atomic E-state index is 0.0122. The van der Waals surface area contributed by atoms with Crippen molar-refractivity contribution in [1.82, 2.24) is 4.90 Å². The Balaban J connectivity index is 2.04. The predicted octanol–water partition coefficient (Wildman–Crippen LogP) is 1.44. The quantitative estimate of drug-likeness (QED) is 0.764. The van der Waals surface area contributed by atoms with Gasteiger partial charge in [-0.3, -0.25) is 9.69 Å². The molecule has 0 aromatic rings. The number of alkyl halides is 2. The molecule has 3 unspecified atom stereocenters. The van der Waals surface area contributed by atoms with Gasteiger partial charge in [-0.2, -0.15) is 0 Å². The first kappa shape index (κ1) is 10.8. The summed E-state index contributed by atoms with van der Waals surface area (Å²) in [5, 5.41) is 8.81. The predicted molar refractivity (Wildman–Crippen MR) is 49.8 cm³/mol. The number of likely N-dealkylation sites (tertiary alicyclic amines) is 1. The standard InChI is InChI=1S/C10H15F2NO2/c1-6(9(14)15)13-4-7-2-3-10(11,12)8(7)5-13/h6-8H,2-5H2,1H3,(H,14,15). The Labute approximate surface area is 87.1 Å². The number of aliphatic carboxylic acids is 1. The van der Waals surface area contributed by atoms with Crippen LogP contribution in [0.2, 0.25) is 0 Å². The van der Waals surface area contributed by atoms with Crippen molar-refractivity contribution in [3.63, 3.8) is 0 Å². The zero-order valence-corrected chi connectivity index (χ0v) is 8.62. The molecule has 0 radical (unpaired) electrons. The molecule has 1 aliphatic carbocycles. The first-order chi connectivity index (χ1) is 6.92. The van der Waals surface area contributed by atoms with E-state index in [1.807, 2.05) is 0 Å². The van der Waals surface area contributed by atoms with E-state index in [1.165, 1.54) is 0 Å². The second-order valence-electron chi connectivity index (χ2n) is 4.63. The molecule has 0 aromatic heterocycles. The third-order valence-electron chi connectivity index (χ3n) is 3.77. The van der Waals surface area contributed by atoms with Gasteiger partial charge in [-0.1, -0.05) is 0 Å². The Morgan fingerprint density at radius 3 is 2.73 bits per heavy atom. The summed E-state index contributed by atoms with van der Waals surface area (Å²) in [6.45, 7) is 2.29. The zero-order chi connectivity index (χ0) is 11.2. The van der Waals surface area contributed by atoms with Crippen LogP contribution in [-0.4, -0.2) is 41.0 Å². The van der Waals surface area contributed by atoms with Gasteiger partial charge in [-0.05, 0) is 19.3 Å². The number of nitrogens with zero attached hydrogens (tertiary/aromatic N) is 1. The summed E-state index contributed by atoms with van der Waals surface area (Å²) >= 11 is 0. The fourth-order valence-electron chi connectivity index (χ4n) is 2.71. The molecule has 3 nitrogen and oxygen atoms in total. The van der Waals surface area contributed by atoms with E-state index in [4.69, 9.17) is 5.11 Å².